The number of amides is 1. The summed E-state index contributed by atoms with van der Waals surface area (Å²) in [5.74, 6) is 1.56. The monoisotopic (exact) mass is 586 g/mol. The van der Waals surface area contributed by atoms with Crippen molar-refractivity contribution < 1.29 is 4.79 Å². The van der Waals surface area contributed by atoms with Crippen LogP contribution in [-0.4, -0.2) is 62.0 Å². The van der Waals surface area contributed by atoms with Crippen molar-refractivity contribution in [3.63, 3.8) is 0 Å². The fourth-order valence-electron chi connectivity index (χ4n) is 6.30. The number of rotatable bonds is 6. The molecule has 5 heterocycles. The third kappa shape index (κ3) is 5.31. The molecule has 2 aliphatic heterocycles. The number of carbonyl (C=O) groups excluding carboxylic acids is 1. The van der Waals surface area contributed by atoms with E-state index in [1.165, 1.54) is 0 Å². The van der Waals surface area contributed by atoms with Crippen LogP contribution >= 0.6 is 11.6 Å². The summed E-state index contributed by atoms with van der Waals surface area (Å²) in [6.45, 7) is 4.29. The maximum Gasteiger partial charge on any atom is 0.252 e. The quantitative estimate of drug-likeness (QED) is 0.355. The number of hydrogen-bond donors (Lipinski definition) is 1. The topological polar surface area (TPSA) is 109 Å². The predicted molar refractivity (Wildman–Crippen MR) is 164 cm³/mol. The highest BCUT2D eigenvalue weighted by atomic mass is 35.5. The lowest BCUT2D eigenvalue weighted by molar-refractivity contribution is -0.146. The highest BCUT2D eigenvalue weighted by molar-refractivity contribution is 6.31. The first-order chi connectivity index (χ1) is 20.2. The Bertz CT molecular complexity index is 1680. The van der Waals surface area contributed by atoms with Gasteiger partial charge in [-0.3, -0.25) is 9.59 Å². The Morgan fingerprint density at radius 3 is 2.55 bits per heavy atom. The average molecular weight is 587 g/mol. The molecule has 1 spiro atoms. The van der Waals surface area contributed by atoms with Gasteiger partial charge >= 0.3 is 0 Å². The van der Waals surface area contributed by atoms with Gasteiger partial charge in [0.2, 0.25) is 11.9 Å². The van der Waals surface area contributed by atoms with Crippen LogP contribution in [0.15, 0.2) is 53.7 Å². The van der Waals surface area contributed by atoms with Crippen LogP contribution in [0.25, 0.3) is 10.9 Å². The highest BCUT2D eigenvalue weighted by Gasteiger charge is 2.45. The summed E-state index contributed by atoms with van der Waals surface area (Å²) >= 11 is 6.60. The van der Waals surface area contributed by atoms with Crippen LogP contribution in [0.3, 0.4) is 0 Å². The number of pyridine rings is 1. The molecular weight excluding hydrogens is 552 g/mol. The van der Waals surface area contributed by atoms with Crippen molar-refractivity contribution in [2.45, 2.75) is 45.1 Å². The van der Waals surface area contributed by atoms with Crippen molar-refractivity contribution in [1.82, 2.24) is 29.4 Å². The largest absolute Gasteiger partial charge is 0.375 e. The summed E-state index contributed by atoms with van der Waals surface area (Å²) < 4.78 is 1.64. The van der Waals surface area contributed by atoms with E-state index in [2.05, 4.69) is 31.2 Å². The van der Waals surface area contributed by atoms with Gasteiger partial charge in [-0.05, 0) is 56.4 Å². The van der Waals surface area contributed by atoms with E-state index in [1.807, 2.05) is 31.0 Å². The van der Waals surface area contributed by atoms with E-state index in [-0.39, 0.29) is 22.9 Å². The van der Waals surface area contributed by atoms with Crippen LogP contribution in [0.5, 0.6) is 0 Å². The maximum atomic E-state index is 13.0. The van der Waals surface area contributed by atoms with Crippen LogP contribution in [-0.2, 0) is 18.3 Å². The second-order valence-electron chi connectivity index (χ2n) is 11.5. The third-order valence-corrected chi connectivity index (χ3v) is 9.10. The third-order valence-electron chi connectivity index (χ3n) is 8.78. The molecule has 2 fully saturated rings. The Morgan fingerprint density at radius 1 is 1.02 bits per heavy atom. The Kier molecular flexibility index (Phi) is 7.57. The summed E-state index contributed by atoms with van der Waals surface area (Å²) in [5.41, 5.74) is 2.92. The van der Waals surface area contributed by atoms with Crippen LogP contribution in [0.4, 0.5) is 11.6 Å². The molecule has 3 aromatic heterocycles. The number of fused-ring (bicyclic) bond motifs is 1. The lowest BCUT2D eigenvalue weighted by Gasteiger charge is -2.45. The minimum atomic E-state index is -0.250. The van der Waals surface area contributed by atoms with Crippen molar-refractivity contribution >= 4 is 40.0 Å². The van der Waals surface area contributed by atoms with Crippen LogP contribution < -0.4 is 15.8 Å². The minimum Gasteiger partial charge on any atom is -0.375 e. The molecule has 1 N–H and O–H groups in total. The summed E-state index contributed by atoms with van der Waals surface area (Å²) in [6.07, 6.45) is 9.21. The van der Waals surface area contributed by atoms with Crippen molar-refractivity contribution in [1.29, 1.82) is 0 Å². The second kappa shape index (κ2) is 11.3. The molecule has 1 atom stereocenters. The van der Waals surface area contributed by atoms with Gasteiger partial charge in [0.25, 0.3) is 5.56 Å². The zero-order valence-corrected chi connectivity index (χ0v) is 24.9. The zero-order valence-electron chi connectivity index (χ0n) is 24.2. The Labute approximate surface area is 249 Å². The summed E-state index contributed by atoms with van der Waals surface area (Å²) in [4.78, 5) is 47.9. The van der Waals surface area contributed by atoms with Crippen molar-refractivity contribution in [2.75, 3.05) is 36.9 Å². The fourth-order valence-corrected chi connectivity index (χ4v) is 6.46. The Morgan fingerprint density at radius 2 is 1.79 bits per heavy atom. The minimum absolute atomic E-state index is 0.104. The van der Waals surface area contributed by atoms with Gasteiger partial charge in [0.1, 0.15) is 5.82 Å². The number of piperidine rings is 2. The number of benzene rings is 1. The van der Waals surface area contributed by atoms with Gasteiger partial charge in [-0.15, -0.1) is 0 Å². The van der Waals surface area contributed by atoms with E-state index in [1.54, 1.807) is 42.3 Å². The molecule has 218 valence electrons. The van der Waals surface area contributed by atoms with Gasteiger partial charge in [-0.2, -0.15) is 0 Å². The smallest absolute Gasteiger partial charge is 0.252 e. The van der Waals surface area contributed by atoms with Gasteiger partial charge in [0.05, 0.1) is 33.9 Å². The molecule has 1 unspecified atom stereocenters. The number of nitrogens with zero attached hydrogens (tertiary/aromatic N) is 7. The van der Waals surface area contributed by atoms with Gasteiger partial charge in [0, 0.05) is 69.7 Å². The Balaban J connectivity index is 1.25. The van der Waals surface area contributed by atoms with E-state index in [4.69, 9.17) is 16.6 Å². The molecule has 10 nitrogen and oxygen atoms in total. The number of likely N-dealkylation sites (tertiary alicyclic amines) is 1. The fraction of sp³-hybridized carbons (Fsp3) is 0.419. The molecule has 42 heavy (non-hydrogen) atoms. The highest BCUT2D eigenvalue weighted by Crippen LogP contribution is 2.41. The summed E-state index contributed by atoms with van der Waals surface area (Å²) in [6, 6.07) is 9.22. The molecule has 2 aliphatic rings. The normalized spacial score (nSPS) is 17.6. The first-order valence-electron chi connectivity index (χ1n) is 14.4. The molecule has 1 aromatic carbocycles. The Hall–Kier alpha value is -4.05. The van der Waals surface area contributed by atoms with Crippen molar-refractivity contribution in [3.05, 3.63) is 81.4 Å². The number of anilines is 2. The molecule has 0 saturated carbocycles. The SMILES string of the molecule is CC(Nc1cc(=O)n(C)c2ccc(Cc3nc(N4CCC5(CCCN(C)C5=O)CC4)ncc3Cl)cc12)c1ncccn1. The molecule has 0 bridgehead atoms. The number of carbonyl (C=O) groups is 1. The van der Waals surface area contributed by atoms with Gasteiger partial charge in [0.15, 0.2) is 0 Å². The maximum absolute atomic E-state index is 13.0. The standard InChI is InChI=1S/C31H35ClN8O2/c1-20(28-33-11-5-12-34-28)36-24-18-27(41)39(3)26-7-6-21(16-22(24)26)17-25-23(32)19-35-30(37-25)40-14-9-31(10-15-40)8-4-13-38(2)29(31)42/h5-7,11-12,16,18-20,36H,4,8-10,13-15,17H2,1-3H3. The predicted octanol–water partition coefficient (Wildman–Crippen LogP) is 4.37. The first kappa shape index (κ1) is 28.1. The van der Waals surface area contributed by atoms with E-state index < -0.39 is 0 Å². The molecular formula is C31H35ClN8O2. The summed E-state index contributed by atoms with van der Waals surface area (Å²) in [7, 11) is 3.68. The molecule has 0 radical (unpaired) electrons. The number of hydrogen-bond acceptors (Lipinski definition) is 8. The van der Waals surface area contributed by atoms with E-state index in [0.717, 1.165) is 73.2 Å². The first-order valence-corrected chi connectivity index (χ1v) is 14.8. The number of aromatic nitrogens is 5. The van der Waals surface area contributed by atoms with Crippen molar-refractivity contribution in [2.24, 2.45) is 12.5 Å². The molecule has 0 aliphatic carbocycles. The molecule has 2 saturated heterocycles. The number of halogens is 1. The van der Waals surface area contributed by atoms with Gasteiger partial charge in [-0.1, -0.05) is 17.7 Å². The second-order valence-corrected chi connectivity index (χ2v) is 11.9. The molecule has 4 aromatic rings. The lowest BCUT2D eigenvalue weighted by Crippen LogP contribution is -2.52. The van der Waals surface area contributed by atoms with E-state index in [9.17, 15) is 9.59 Å². The van der Waals surface area contributed by atoms with Crippen LogP contribution in [0.1, 0.15) is 55.7 Å². The lowest BCUT2D eigenvalue weighted by atomic mass is 9.72. The van der Waals surface area contributed by atoms with E-state index >= 15 is 0 Å². The van der Waals surface area contributed by atoms with E-state index in [0.29, 0.717) is 23.2 Å². The number of aryl methyl sites for hydroxylation is 1. The average Bonchev–Trinajstić information content (AvgIpc) is 3.00. The van der Waals surface area contributed by atoms with Crippen LogP contribution in [0, 0.1) is 5.41 Å². The molecule has 6 rings (SSSR count). The van der Waals surface area contributed by atoms with Gasteiger partial charge < -0.3 is 19.7 Å². The van der Waals surface area contributed by atoms with Crippen molar-refractivity contribution in [3.8, 4) is 0 Å². The summed E-state index contributed by atoms with van der Waals surface area (Å²) in [5, 5.41) is 4.84. The molecule has 11 heteroatoms. The molecule has 1 amide bonds. The number of nitrogens with one attached hydrogen (secondary N) is 1. The van der Waals surface area contributed by atoms with Gasteiger partial charge in [-0.25, -0.2) is 19.9 Å². The zero-order chi connectivity index (χ0) is 29.4. The van der Waals surface area contributed by atoms with Crippen LogP contribution in [0.2, 0.25) is 5.02 Å².